The van der Waals surface area contributed by atoms with Crippen molar-refractivity contribution >= 4 is 32.9 Å². The van der Waals surface area contributed by atoms with Crippen LogP contribution in [0.4, 0.5) is 0 Å². The van der Waals surface area contributed by atoms with Crippen LogP contribution in [-0.2, 0) is 9.53 Å². The number of carbonyl (C=O) groups is 1. The lowest BCUT2D eigenvalue weighted by Crippen LogP contribution is -2.15. The molecule has 0 saturated heterocycles. The number of ether oxygens (including phenoxy) is 1. The van der Waals surface area contributed by atoms with Gasteiger partial charge in [0.2, 0.25) is 0 Å². The minimum atomic E-state index is -0.987. The van der Waals surface area contributed by atoms with Gasteiger partial charge in [-0.2, -0.15) is 5.26 Å². The average molecular weight is 320 g/mol. The minimum absolute atomic E-state index is 0.235. The van der Waals surface area contributed by atoms with Crippen LogP contribution in [0.2, 0.25) is 0 Å². The highest BCUT2D eigenvalue weighted by atomic mass is 79.9. The quantitative estimate of drug-likeness (QED) is 0.813. The molecule has 1 unspecified atom stereocenters. The molecule has 6 heteroatoms. The molecule has 19 heavy (non-hydrogen) atoms. The Bertz CT molecular complexity index is 666. The van der Waals surface area contributed by atoms with E-state index >= 15 is 0 Å². The summed E-state index contributed by atoms with van der Waals surface area (Å²) in [6.45, 7) is 1.94. The molecule has 0 aliphatic carbocycles. The molecule has 0 radical (unpaired) electrons. The largest absolute Gasteiger partial charge is 0.465 e. The summed E-state index contributed by atoms with van der Waals surface area (Å²) in [5.41, 5.74) is 1.67. The molecule has 5 nitrogen and oxygen atoms in total. The Morgan fingerprint density at radius 3 is 3.05 bits per heavy atom. The van der Waals surface area contributed by atoms with Gasteiger partial charge in [0.1, 0.15) is 0 Å². The van der Waals surface area contributed by atoms with E-state index in [0.29, 0.717) is 16.6 Å². The van der Waals surface area contributed by atoms with Crippen LogP contribution < -0.4 is 0 Å². The highest BCUT2D eigenvalue weighted by Gasteiger charge is 2.24. The number of hydrogen-bond acceptors (Lipinski definition) is 5. The van der Waals surface area contributed by atoms with Crippen molar-refractivity contribution in [3.05, 3.63) is 34.6 Å². The van der Waals surface area contributed by atoms with E-state index in [4.69, 9.17) is 4.74 Å². The SMILES string of the molecule is CCOC(=O)C(C#N)c1ccnc2cc(Br)cnc12. The van der Waals surface area contributed by atoms with Gasteiger partial charge in [0.05, 0.1) is 23.7 Å². The second-order valence-electron chi connectivity index (χ2n) is 3.74. The summed E-state index contributed by atoms with van der Waals surface area (Å²) in [5, 5.41) is 9.18. The molecule has 0 aliphatic heterocycles. The van der Waals surface area contributed by atoms with Gasteiger partial charge in [-0.05, 0) is 35.0 Å². The Morgan fingerprint density at radius 1 is 1.58 bits per heavy atom. The van der Waals surface area contributed by atoms with Gasteiger partial charge in [-0.3, -0.25) is 14.8 Å². The van der Waals surface area contributed by atoms with E-state index in [0.717, 1.165) is 4.47 Å². The van der Waals surface area contributed by atoms with E-state index in [9.17, 15) is 10.1 Å². The van der Waals surface area contributed by atoms with Crippen LogP contribution in [0.3, 0.4) is 0 Å². The van der Waals surface area contributed by atoms with E-state index in [1.807, 2.05) is 6.07 Å². The molecule has 0 bridgehead atoms. The fourth-order valence-electron chi connectivity index (χ4n) is 1.73. The first-order valence-corrected chi connectivity index (χ1v) is 6.43. The third-order valence-electron chi connectivity index (χ3n) is 2.54. The van der Waals surface area contributed by atoms with Crippen molar-refractivity contribution < 1.29 is 9.53 Å². The lowest BCUT2D eigenvalue weighted by molar-refractivity contribution is -0.143. The number of nitriles is 1. The first kappa shape index (κ1) is 13.4. The van der Waals surface area contributed by atoms with Gasteiger partial charge in [0, 0.05) is 22.4 Å². The molecule has 0 N–H and O–H groups in total. The topological polar surface area (TPSA) is 75.9 Å². The Morgan fingerprint density at radius 2 is 2.37 bits per heavy atom. The summed E-state index contributed by atoms with van der Waals surface area (Å²) in [6.07, 6.45) is 3.16. The maximum atomic E-state index is 11.8. The predicted molar refractivity (Wildman–Crippen MR) is 72.2 cm³/mol. The first-order valence-electron chi connectivity index (χ1n) is 5.63. The molecule has 2 rings (SSSR count). The van der Waals surface area contributed by atoms with E-state index in [-0.39, 0.29) is 6.61 Å². The summed E-state index contributed by atoms with van der Waals surface area (Å²) < 4.78 is 5.69. The van der Waals surface area contributed by atoms with Crippen LogP contribution in [0.1, 0.15) is 18.4 Å². The van der Waals surface area contributed by atoms with Crippen molar-refractivity contribution in [1.29, 1.82) is 5.26 Å². The zero-order valence-corrected chi connectivity index (χ0v) is 11.7. The van der Waals surface area contributed by atoms with Gasteiger partial charge in [-0.1, -0.05) is 0 Å². The summed E-state index contributed by atoms with van der Waals surface area (Å²) >= 11 is 3.31. The first-order chi connectivity index (χ1) is 9.17. The molecule has 0 aromatic carbocycles. The molecule has 96 valence electrons. The Balaban J connectivity index is 2.55. The van der Waals surface area contributed by atoms with Crippen LogP contribution in [0.5, 0.6) is 0 Å². The van der Waals surface area contributed by atoms with Crippen molar-refractivity contribution in [2.75, 3.05) is 6.61 Å². The minimum Gasteiger partial charge on any atom is -0.465 e. The fourth-order valence-corrected chi connectivity index (χ4v) is 2.05. The number of esters is 1. The molecule has 0 aliphatic rings. The molecular weight excluding hydrogens is 310 g/mol. The zero-order chi connectivity index (χ0) is 13.8. The maximum absolute atomic E-state index is 11.8. The monoisotopic (exact) mass is 319 g/mol. The zero-order valence-electron chi connectivity index (χ0n) is 10.1. The Kier molecular flexibility index (Phi) is 4.07. The fraction of sp³-hybridized carbons (Fsp3) is 0.231. The normalized spacial score (nSPS) is 11.8. The van der Waals surface area contributed by atoms with Crippen LogP contribution in [0, 0.1) is 11.3 Å². The summed E-state index contributed by atoms with van der Waals surface area (Å²) in [7, 11) is 0. The predicted octanol–water partition coefficient (Wildman–Crippen LogP) is 2.56. The summed E-state index contributed by atoms with van der Waals surface area (Å²) in [6, 6.07) is 5.36. The van der Waals surface area contributed by atoms with Gasteiger partial charge in [-0.15, -0.1) is 0 Å². The van der Waals surface area contributed by atoms with Crippen molar-refractivity contribution in [2.24, 2.45) is 0 Å². The number of nitrogens with zero attached hydrogens (tertiary/aromatic N) is 3. The number of rotatable bonds is 3. The molecule has 0 spiro atoms. The van der Waals surface area contributed by atoms with Crippen molar-refractivity contribution in [1.82, 2.24) is 9.97 Å². The van der Waals surface area contributed by atoms with Crippen LogP contribution in [0.15, 0.2) is 29.0 Å². The second-order valence-corrected chi connectivity index (χ2v) is 4.65. The smallest absolute Gasteiger partial charge is 0.327 e. The standard InChI is InChI=1S/C13H10BrN3O2/c1-2-19-13(18)10(6-15)9-3-4-16-11-5-8(14)7-17-12(9)11/h3-5,7,10H,2H2,1H3. The van der Waals surface area contributed by atoms with Gasteiger partial charge in [-0.25, -0.2) is 0 Å². The van der Waals surface area contributed by atoms with E-state index < -0.39 is 11.9 Å². The third kappa shape index (κ3) is 2.71. The lowest BCUT2D eigenvalue weighted by atomic mass is 10.00. The third-order valence-corrected chi connectivity index (χ3v) is 2.97. The number of pyridine rings is 2. The average Bonchev–Trinajstić information content (AvgIpc) is 2.39. The van der Waals surface area contributed by atoms with Crippen LogP contribution in [-0.4, -0.2) is 22.5 Å². The van der Waals surface area contributed by atoms with Gasteiger partial charge in [0.15, 0.2) is 5.92 Å². The van der Waals surface area contributed by atoms with E-state index in [1.54, 1.807) is 31.5 Å². The maximum Gasteiger partial charge on any atom is 0.327 e. The Hall–Kier alpha value is -2.00. The van der Waals surface area contributed by atoms with Gasteiger partial charge in [0.25, 0.3) is 0 Å². The molecular formula is C13H10BrN3O2. The van der Waals surface area contributed by atoms with Gasteiger partial charge >= 0.3 is 5.97 Å². The number of aromatic nitrogens is 2. The van der Waals surface area contributed by atoms with Crippen molar-refractivity contribution in [3.8, 4) is 6.07 Å². The Labute approximate surface area is 118 Å². The van der Waals surface area contributed by atoms with Crippen molar-refractivity contribution in [2.45, 2.75) is 12.8 Å². The van der Waals surface area contributed by atoms with Crippen molar-refractivity contribution in [3.63, 3.8) is 0 Å². The molecule has 2 aromatic heterocycles. The number of carbonyl (C=O) groups excluding carboxylic acids is 1. The highest BCUT2D eigenvalue weighted by molar-refractivity contribution is 9.10. The molecule has 2 heterocycles. The molecule has 0 fully saturated rings. The summed E-state index contributed by atoms with van der Waals surface area (Å²) in [5.74, 6) is -1.55. The van der Waals surface area contributed by atoms with Crippen LogP contribution in [0.25, 0.3) is 11.0 Å². The number of hydrogen-bond donors (Lipinski definition) is 0. The molecule has 0 amide bonds. The van der Waals surface area contributed by atoms with Crippen LogP contribution >= 0.6 is 15.9 Å². The van der Waals surface area contributed by atoms with E-state index in [2.05, 4.69) is 25.9 Å². The number of fused-ring (bicyclic) bond motifs is 1. The molecule has 0 saturated carbocycles. The molecule has 2 aromatic rings. The highest BCUT2D eigenvalue weighted by Crippen LogP contribution is 2.25. The number of halogens is 1. The lowest BCUT2D eigenvalue weighted by Gasteiger charge is -2.10. The summed E-state index contributed by atoms with van der Waals surface area (Å²) in [4.78, 5) is 20.2. The van der Waals surface area contributed by atoms with E-state index in [1.165, 1.54) is 0 Å². The van der Waals surface area contributed by atoms with Gasteiger partial charge < -0.3 is 4.74 Å². The second kappa shape index (κ2) is 5.76. The molecule has 1 atom stereocenters.